The summed E-state index contributed by atoms with van der Waals surface area (Å²) < 4.78 is 10.5. The normalized spacial score (nSPS) is 15.6. The van der Waals surface area contributed by atoms with Gasteiger partial charge in [-0.3, -0.25) is 19.8 Å². The Morgan fingerprint density at radius 3 is 2.52 bits per heavy atom. The number of nitrogens with one attached hydrogen (secondary N) is 1. The highest BCUT2D eigenvalue weighted by Crippen LogP contribution is 2.37. The van der Waals surface area contributed by atoms with Gasteiger partial charge in [-0.05, 0) is 67.0 Å². The van der Waals surface area contributed by atoms with Gasteiger partial charge in [0.15, 0.2) is 16.6 Å². The molecule has 6 nitrogen and oxygen atoms in total. The molecular weight excluding hydrogens is 412 g/mol. The van der Waals surface area contributed by atoms with Crippen LogP contribution in [0.3, 0.4) is 0 Å². The molecule has 0 radical (unpaired) electrons. The lowest BCUT2D eigenvalue weighted by Crippen LogP contribution is -2.54. The number of halogens is 1. The van der Waals surface area contributed by atoms with Crippen molar-refractivity contribution in [3.8, 4) is 11.5 Å². The van der Waals surface area contributed by atoms with Gasteiger partial charge in [-0.2, -0.15) is 0 Å². The van der Waals surface area contributed by atoms with E-state index >= 15 is 0 Å². The number of nitrogens with zero attached hydrogens (tertiary/aromatic N) is 1. The van der Waals surface area contributed by atoms with Gasteiger partial charge in [0.1, 0.15) is 5.57 Å². The topological polar surface area (TPSA) is 67.9 Å². The number of benzene rings is 2. The molecule has 2 aromatic rings. The summed E-state index contributed by atoms with van der Waals surface area (Å²) in [6, 6.07) is 8.78. The number of thiocarbonyl (C=S) groups is 1. The van der Waals surface area contributed by atoms with Crippen molar-refractivity contribution in [3.63, 3.8) is 0 Å². The quantitative estimate of drug-likeness (QED) is 0.454. The second kappa shape index (κ2) is 8.23. The Labute approximate surface area is 179 Å². The van der Waals surface area contributed by atoms with Crippen LogP contribution in [0, 0.1) is 13.8 Å². The highest BCUT2D eigenvalue weighted by Gasteiger charge is 2.35. The van der Waals surface area contributed by atoms with Gasteiger partial charge >= 0.3 is 0 Å². The van der Waals surface area contributed by atoms with Crippen LogP contribution in [0.25, 0.3) is 6.08 Å². The van der Waals surface area contributed by atoms with E-state index < -0.39 is 11.8 Å². The first-order valence-electron chi connectivity index (χ1n) is 8.67. The van der Waals surface area contributed by atoms with Crippen molar-refractivity contribution in [2.45, 2.75) is 13.8 Å². The molecule has 0 aliphatic carbocycles. The van der Waals surface area contributed by atoms with Crippen LogP contribution >= 0.6 is 23.8 Å². The molecule has 0 unspecified atom stereocenters. The Morgan fingerprint density at radius 2 is 1.86 bits per heavy atom. The van der Waals surface area contributed by atoms with Gasteiger partial charge in [0.25, 0.3) is 11.8 Å². The number of hydrogen-bond acceptors (Lipinski definition) is 5. The number of carbonyl (C=O) groups is 2. The van der Waals surface area contributed by atoms with E-state index in [9.17, 15) is 9.59 Å². The lowest BCUT2D eigenvalue weighted by molar-refractivity contribution is -0.122. The van der Waals surface area contributed by atoms with Crippen LogP contribution in [0.2, 0.25) is 5.02 Å². The summed E-state index contributed by atoms with van der Waals surface area (Å²) in [5.74, 6) is -0.336. The average Bonchev–Trinajstić information content (AvgIpc) is 2.67. The number of methoxy groups -OCH3 is 2. The molecule has 2 aromatic carbocycles. The third-order valence-corrected chi connectivity index (χ3v) is 5.25. The Bertz CT molecular complexity index is 1060. The zero-order chi connectivity index (χ0) is 21.3. The van der Waals surface area contributed by atoms with Crippen LogP contribution in [0.5, 0.6) is 11.5 Å². The molecule has 0 aromatic heterocycles. The lowest BCUT2D eigenvalue weighted by atomic mass is 10.0. The fourth-order valence-corrected chi connectivity index (χ4v) is 3.61. The number of ether oxygens (including phenoxy) is 2. The molecule has 1 heterocycles. The largest absolute Gasteiger partial charge is 0.493 e. The predicted octanol–water partition coefficient (Wildman–Crippen LogP) is 3.81. The summed E-state index contributed by atoms with van der Waals surface area (Å²) in [5, 5.41) is 2.92. The zero-order valence-corrected chi connectivity index (χ0v) is 17.9. The maximum absolute atomic E-state index is 13.2. The predicted molar refractivity (Wildman–Crippen MR) is 117 cm³/mol. The molecule has 3 rings (SSSR count). The molecular formula is C21H19ClN2O4S. The van der Waals surface area contributed by atoms with Crippen molar-refractivity contribution in [1.29, 1.82) is 0 Å². The minimum Gasteiger partial charge on any atom is -0.493 e. The molecule has 1 N–H and O–H groups in total. The smallest absolute Gasteiger partial charge is 0.270 e. The Hall–Kier alpha value is -2.90. The third-order valence-electron chi connectivity index (χ3n) is 4.69. The van der Waals surface area contributed by atoms with E-state index in [1.807, 2.05) is 26.0 Å². The number of carbonyl (C=O) groups excluding carboxylic acids is 2. The van der Waals surface area contributed by atoms with Gasteiger partial charge in [-0.25, -0.2) is 0 Å². The Morgan fingerprint density at radius 1 is 1.14 bits per heavy atom. The zero-order valence-electron chi connectivity index (χ0n) is 16.3. The molecule has 29 heavy (non-hydrogen) atoms. The number of amides is 2. The minimum absolute atomic E-state index is 0.0381. The number of rotatable bonds is 4. The van der Waals surface area contributed by atoms with Crippen molar-refractivity contribution in [1.82, 2.24) is 5.32 Å². The first-order valence-corrected chi connectivity index (χ1v) is 9.46. The molecule has 0 saturated carbocycles. The summed E-state index contributed by atoms with van der Waals surface area (Å²) >= 11 is 11.5. The van der Waals surface area contributed by atoms with E-state index in [1.165, 1.54) is 25.2 Å². The fourth-order valence-electron chi connectivity index (χ4n) is 3.04. The molecule has 1 fully saturated rings. The molecule has 1 aliphatic rings. The van der Waals surface area contributed by atoms with Crippen molar-refractivity contribution in [2.75, 3.05) is 19.1 Å². The van der Waals surface area contributed by atoms with E-state index in [1.54, 1.807) is 18.2 Å². The van der Waals surface area contributed by atoms with Gasteiger partial charge in [0.05, 0.1) is 24.9 Å². The maximum atomic E-state index is 13.2. The number of hydrogen-bond donors (Lipinski definition) is 1. The van der Waals surface area contributed by atoms with Crippen molar-refractivity contribution in [3.05, 3.63) is 57.6 Å². The molecule has 150 valence electrons. The summed E-state index contributed by atoms with van der Waals surface area (Å²) in [7, 11) is 2.95. The third kappa shape index (κ3) is 3.83. The van der Waals surface area contributed by atoms with E-state index in [-0.39, 0.29) is 10.7 Å². The Balaban J connectivity index is 2.09. The van der Waals surface area contributed by atoms with Gasteiger partial charge in [-0.15, -0.1) is 0 Å². The van der Waals surface area contributed by atoms with E-state index in [2.05, 4.69) is 5.32 Å². The highest BCUT2D eigenvalue weighted by molar-refractivity contribution is 7.80. The molecule has 0 atom stereocenters. The fraction of sp³-hybridized carbons (Fsp3) is 0.190. The first-order chi connectivity index (χ1) is 13.8. The van der Waals surface area contributed by atoms with Gasteiger partial charge in [0, 0.05) is 0 Å². The molecule has 1 aliphatic heterocycles. The van der Waals surface area contributed by atoms with Crippen molar-refractivity contribution < 1.29 is 19.1 Å². The molecule has 1 saturated heterocycles. The second-order valence-corrected chi connectivity index (χ2v) is 7.21. The average molecular weight is 431 g/mol. The van der Waals surface area contributed by atoms with Gasteiger partial charge in [-0.1, -0.05) is 23.7 Å². The maximum Gasteiger partial charge on any atom is 0.270 e. The molecule has 0 bridgehead atoms. The Kier molecular flexibility index (Phi) is 5.91. The molecule has 0 spiro atoms. The van der Waals surface area contributed by atoms with E-state index in [4.69, 9.17) is 33.3 Å². The summed E-state index contributed by atoms with van der Waals surface area (Å²) in [4.78, 5) is 27.0. The SMILES string of the molecule is COc1cc(/C=C2\C(=O)NC(=S)N(c3cccc(C)c3C)C2=O)cc(Cl)c1OC. The summed E-state index contributed by atoms with van der Waals surface area (Å²) in [5.41, 5.74) is 2.97. The van der Waals surface area contributed by atoms with E-state index in [0.29, 0.717) is 27.8 Å². The number of aryl methyl sites for hydroxylation is 1. The standard InChI is InChI=1S/C21H19ClN2O4S/c1-11-6-5-7-16(12(11)2)24-20(26)14(19(25)23-21(24)29)8-13-9-15(22)18(28-4)17(10-13)27-3/h5-10H,1-4H3,(H,23,25,29)/b14-8+. The summed E-state index contributed by atoms with van der Waals surface area (Å²) in [6.45, 7) is 3.84. The van der Waals surface area contributed by atoms with E-state index in [0.717, 1.165) is 11.1 Å². The summed E-state index contributed by atoms with van der Waals surface area (Å²) in [6.07, 6.45) is 1.45. The highest BCUT2D eigenvalue weighted by atomic mass is 35.5. The first kappa shape index (κ1) is 20.8. The molecule has 8 heteroatoms. The van der Waals surface area contributed by atoms with Crippen LogP contribution in [-0.4, -0.2) is 31.1 Å². The van der Waals surface area contributed by atoms with Crippen LogP contribution in [-0.2, 0) is 9.59 Å². The van der Waals surface area contributed by atoms with Crippen LogP contribution < -0.4 is 19.7 Å². The number of anilines is 1. The van der Waals surface area contributed by atoms with Crippen LogP contribution in [0.15, 0.2) is 35.9 Å². The van der Waals surface area contributed by atoms with Crippen molar-refractivity contribution >= 4 is 52.5 Å². The van der Waals surface area contributed by atoms with Crippen LogP contribution in [0.1, 0.15) is 16.7 Å². The van der Waals surface area contributed by atoms with Crippen molar-refractivity contribution in [2.24, 2.45) is 0 Å². The van der Waals surface area contributed by atoms with Gasteiger partial charge < -0.3 is 9.47 Å². The minimum atomic E-state index is -0.576. The lowest BCUT2D eigenvalue weighted by Gasteiger charge is -2.30. The van der Waals surface area contributed by atoms with Crippen LogP contribution in [0.4, 0.5) is 5.69 Å². The molecule has 2 amide bonds. The second-order valence-electron chi connectivity index (χ2n) is 6.42. The monoisotopic (exact) mass is 430 g/mol. The van der Waals surface area contributed by atoms with Gasteiger partial charge in [0.2, 0.25) is 0 Å².